The number of halogens is 1. The van der Waals surface area contributed by atoms with E-state index >= 15 is 0 Å². The summed E-state index contributed by atoms with van der Waals surface area (Å²) in [5.41, 5.74) is 1.40. The zero-order chi connectivity index (χ0) is 12.5. The number of fused-ring (bicyclic) bond motifs is 1. The van der Waals surface area contributed by atoms with Gasteiger partial charge in [0.25, 0.3) is 0 Å². The Hall–Kier alpha value is -0.530. The van der Waals surface area contributed by atoms with Gasteiger partial charge in [-0.1, -0.05) is 36.6 Å². The number of hydrogen-bond acceptors (Lipinski definition) is 1. The fourth-order valence-corrected chi connectivity index (χ4v) is 4.08. The molecule has 1 N–H and O–H groups in total. The molecule has 1 nitrogen and oxygen atoms in total. The lowest BCUT2D eigenvalue weighted by atomic mass is 10.00. The Kier molecular flexibility index (Phi) is 3.63. The summed E-state index contributed by atoms with van der Waals surface area (Å²) in [5, 5.41) is 4.38. The van der Waals surface area contributed by atoms with Gasteiger partial charge in [-0.3, -0.25) is 0 Å². The molecule has 18 heavy (non-hydrogen) atoms. The van der Waals surface area contributed by atoms with Crippen molar-refractivity contribution in [2.75, 3.05) is 7.05 Å². The van der Waals surface area contributed by atoms with Crippen molar-refractivity contribution in [1.29, 1.82) is 0 Å². The second-order valence-electron chi connectivity index (χ2n) is 5.92. The molecule has 3 unspecified atom stereocenters. The van der Waals surface area contributed by atoms with Crippen molar-refractivity contribution in [2.24, 2.45) is 17.8 Å². The molecule has 0 heterocycles. The molecule has 2 aliphatic rings. The van der Waals surface area contributed by atoms with E-state index in [2.05, 4.69) is 24.5 Å². The molecule has 2 fully saturated rings. The van der Waals surface area contributed by atoms with E-state index in [1.54, 1.807) is 0 Å². The lowest BCUT2D eigenvalue weighted by Crippen LogP contribution is -2.31. The molecule has 1 aromatic rings. The van der Waals surface area contributed by atoms with E-state index in [0.29, 0.717) is 6.04 Å². The van der Waals surface area contributed by atoms with Crippen LogP contribution in [0.25, 0.3) is 0 Å². The number of likely N-dealkylation sites (N-methyl/N-ethyl adjacent to an activating group) is 1. The van der Waals surface area contributed by atoms with Crippen molar-refractivity contribution >= 4 is 11.6 Å². The summed E-state index contributed by atoms with van der Waals surface area (Å²) >= 11 is 5.94. The van der Waals surface area contributed by atoms with Crippen molar-refractivity contribution in [2.45, 2.75) is 38.1 Å². The van der Waals surface area contributed by atoms with Crippen LogP contribution in [-0.4, -0.2) is 13.1 Å². The average molecular weight is 264 g/mol. The Morgan fingerprint density at radius 3 is 2.33 bits per heavy atom. The number of hydrogen-bond donors (Lipinski definition) is 1. The summed E-state index contributed by atoms with van der Waals surface area (Å²) in [6.07, 6.45) is 6.98. The minimum Gasteiger partial charge on any atom is -0.316 e. The first kappa shape index (κ1) is 12.5. The maximum absolute atomic E-state index is 5.94. The molecular weight excluding hydrogens is 242 g/mol. The van der Waals surface area contributed by atoms with Gasteiger partial charge >= 0.3 is 0 Å². The van der Waals surface area contributed by atoms with Crippen molar-refractivity contribution in [3.63, 3.8) is 0 Å². The Morgan fingerprint density at radius 2 is 1.78 bits per heavy atom. The van der Waals surface area contributed by atoms with Gasteiger partial charge in [-0.2, -0.15) is 0 Å². The number of nitrogens with one attached hydrogen (secondary N) is 1. The van der Waals surface area contributed by atoms with Crippen LogP contribution in [0.4, 0.5) is 0 Å². The normalized spacial score (nSPS) is 31.8. The van der Waals surface area contributed by atoms with E-state index < -0.39 is 0 Å². The van der Waals surface area contributed by atoms with Crippen molar-refractivity contribution in [3.05, 3.63) is 34.9 Å². The topological polar surface area (TPSA) is 12.0 Å². The van der Waals surface area contributed by atoms with Gasteiger partial charge in [-0.25, -0.2) is 0 Å². The van der Waals surface area contributed by atoms with Crippen LogP contribution in [0.1, 0.15) is 31.2 Å². The van der Waals surface area contributed by atoms with E-state index in [4.69, 9.17) is 11.6 Å². The van der Waals surface area contributed by atoms with Crippen LogP contribution in [0.5, 0.6) is 0 Å². The Bertz CT molecular complexity index is 388. The Balaban J connectivity index is 1.65. The molecule has 1 aromatic carbocycles. The Labute approximate surface area is 115 Å². The van der Waals surface area contributed by atoms with Gasteiger partial charge in [-0.05, 0) is 61.8 Å². The minimum atomic E-state index is 0.652. The van der Waals surface area contributed by atoms with Gasteiger partial charge in [0.15, 0.2) is 0 Å². The Morgan fingerprint density at radius 1 is 1.17 bits per heavy atom. The third kappa shape index (κ3) is 2.44. The van der Waals surface area contributed by atoms with E-state index in [1.165, 1.54) is 31.2 Å². The molecular formula is C16H22ClN. The van der Waals surface area contributed by atoms with Crippen LogP contribution in [0.3, 0.4) is 0 Å². The number of rotatable bonds is 4. The molecule has 0 saturated heterocycles. The highest BCUT2D eigenvalue weighted by Crippen LogP contribution is 2.57. The maximum atomic E-state index is 5.94. The molecule has 3 atom stereocenters. The van der Waals surface area contributed by atoms with Gasteiger partial charge in [0.2, 0.25) is 0 Å². The monoisotopic (exact) mass is 263 g/mol. The summed E-state index contributed by atoms with van der Waals surface area (Å²) in [6.45, 7) is 0. The summed E-state index contributed by atoms with van der Waals surface area (Å²) in [4.78, 5) is 0. The molecule has 0 aliphatic heterocycles. The second-order valence-corrected chi connectivity index (χ2v) is 6.35. The fourth-order valence-electron chi connectivity index (χ4n) is 3.95. The lowest BCUT2D eigenvalue weighted by molar-refractivity contribution is 0.460. The van der Waals surface area contributed by atoms with Crippen molar-refractivity contribution < 1.29 is 0 Å². The average Bonchev–Trinajstić information content (AvgIpc) is 3.12. The molecule has 2 aliphatic carbocycles. The molecule has 0 spiro atoms. The predicted octanol–water partition coefficient (Wildman–Crippen LogP) is 3.91. The molecule has 0 radical (unpaired) electrons. The first-order valence-electron chi connectivity index (χ1n) is 7.21. The van der Waals surface area contributed by atoms with Gasteiger partial charge in [-0.15, -0.1) is 0 Å². The second kappa shape index (κ2) is 5.22. The lowest BCUT2D eigenvalue weighted by Gasteiger charge is -2.16. The van der Waals surface area contributed by atoms with Crippen molar-refractivity contribution in [3.8, 4) is 0 Å². The van der Waals surface area contributed by atoms with E-state index in [1.807, 2.05) is 12.1 Å². The quantitative estimate of drug-likeness (QED) is 0.869. The number of benzene rings is 1. The highest BCUT2D eigenvalue weighted by atomic mass is 35.5. The highest BCUT2D eigenvalue weighted by molar-refractivity contribution is 6.30. The standard InChI is InChI=1S/C16H22ClN/c1-18-15(10-11-6-8-12(17)9-7-11)16-13-4-2-3-5-14(13)16/h6-9,13-16,18H,2-5,10H2,1H3. The smallest absolute Gasteiger partial charge is 0.0406 e. The SMILES string of the molecule is CNC(Cc1ccc(Cl)cc1)C1C2CCCCC21. The van der Waals surface area contributed by atoms with E-state index in [9.17, 15) is 0 Å². The zero-order valence-corrected chi connectivity index (χ0v) is 11.8. The third-order valence-corrected chi connectivity index (χ3v) is 5.18. The van der Waals surface area contributed by atoms with Crippen LogP contribution in [0.2, 0.25) is 5.02 Å². The van der Waals surface area contributed by atoms with Crippen LogP contribution in [0, 0.1) is 17.8 Å². The van der Waals surface area contributed by atoms with Gasteiger partial charge in [0, 0.05) is 11.1 Å². The summed E-state index contributed by atoms with van der Waals surface area (Å²) < 4.78 is 0. The summed E-state index contributed by atoms with van der Waals surface area (Å²) in [5.74, 6) is 2.96. The van der Waals surface area contributed by atoms with Gasteiger partial charge in [0.05, 0.1) is 0 Å². The largest absolute Gasteiger partial charge is 0.316 e. The molecule has 98 valence electrons. The van der Waals surface area contributed by atoms with Gasteiger partial charge in [0.1, 0.15) is 0 Å². The van der Waals surface area contributed by atoms with Crippen molar-refractivity contribution in [1.82, 2.24) is 5.32 Å². The molecule has 0 bridgehead atoms. The van der Waals surface area contributed by atoms with Crippen LogP contribution >= 0.6 is 11.6 Å². The highest BCUT2D eigenvalue weighted by Gasteiger charge is 2.53. The van der Waals surface area contributed by atoms with E-state index in [-0.39, 0.29) is 0 Å². The minimum absolute atomic E-state index is 0.652. The van der Waals surface area contributed by atoms with Gasteiger partial charge < -0.3 is 5.32 Å². The molecule has 2 saturated carbocycles. The van der Waals surface area contributed by atoms with E-state index in [0.717, 1.165) is 29.2 Å². The first-order valence-corrected chi connectivity index (χ1v) is 7.59. The molecule has 3 rings (SSSR count). The molecule has 0 aromatic heterocycles. The first-order chi connectivity index (χ1) is 8.79. The van der Waals surface area contributed by atoms with Crippen LogP contribution < -0.4 is 5.32 Å². The fraction of sp³-hybridized carbons (Fsp3) is 0.625. The predicted molar refractivity (Wildman–Crippen MR) is 76.9 cm³/mol. The molecule has 2 heteroatoms. The summed E-state index contributed by atoms with van der Waals surface area (Å²) in [7, 11) is 2.12. The van der Waals surface area contributed by atoms with Crippen LogP contribution in [0.15, 0.2) is 24.3 Å². The third-order valence-electron chi connectivity index (χ3n) is 4.93. The maximum Gasteiger partial charge on any atom is 0.0406 e. The molecule has 0 amide bonds. The zero-order valence-electron chi connectivity index (χ0n) is 11.0. The van der Waals surface area contributed by atoms with Crippen LogP contribution in [-0.2, 0) is 6.42 Å². The summed E-state index contributed by atoms with van der Waals surface area (Å²) in [6, 6.07) is 8.99.